The number of furan rings is 2. The predicted octanol–water partition coefficient (Wildman–Crippen LogP) is 33.5. The van der Waals surface area contributed by atoms with Crippen LogP contribution in [0.25, 0.3) is 154 Å². The molecule has 0 radical (unpaired) electrons. The third-order valence-corrected chi connectivity index (χ3v) is 27.2. The van der Waals surface area contributed by atoms with Gasteiger partial charge >= 0.3 is 0 Å². The van der Waals surface area contributed by atoms with Gasteiger partial charge in [-0.15, -0.1) is 0 Å². The van der Waals surface area contributed by atoms with Gasteiger partial charge in [-0.2, -0.15) is 0 Å². The molecule has 0 amide bonds. The molecule has 0 saturated carbocycles. The zero-order valence-electron chi connectivity index (χ0n) is 69.9. The van der Waals surface area contributed by atoms with E-state index in [0.29, 0.717) is 0 Å². The second-order valence-electron chi connectivity index (χ2n) is 33.9. The van der Waals surface area contributed by atoms with Crippen LogP contribution in [0.3, 0.4) is 0 Å². The van der Waals surface area contributed by atoms with E-state index in [4.69, 9.17) is 8.83 Å². The Morgan fingerprint density at radius 1 is 0.172 bits per heavy atom. The van der Waals surface area contributed by atoms with Crippen molar-refractivity contribution in [2.75, 3.05) is 9.80 Å². The number of anilines is 6. The van der Waals surface area contributed by atoms with Crippen molar-refractivity contribution in [3.8, 4) is 89.0 Å². The summed E-state index contributed by atoms with van der Waals surface area (Å²) in [7, 11) is 0. The van der Waals surface area contributed by atoms with Crippen molar-refractivity contribution in [3.05, 3.63) is 530 Å². The lowest BCUT2D eigenvalue weighted by molar-refractivity contribution is 0.670. The SMILES string of the molecule is c1ccc(C2(c3ccccc3)c3ccccc3-c3c(N(c4ccc(-c5ccc(-c6ccc7ccc(-c8cccc9c8oc8c(-c%10ccccc%10N(c%10ccc(-c%11ccc%12ccccc%12c%11)cc%10)c%10cccc%11c%10-c%10ccccc%10C%11(c%10ccccc%10)c%10ccccc%10)cccc89)cc7c6)cc5)cc4)c4ccccc4-c4cccc5c4oc4ccccc45)cccc32)cc1. The Bertz CT molecular complexity index is 8220. The van der Waals surface area contributed by atoms with Gasteiger partial charge in [0, 0.05) is 71.9 Å². The highest BCUT2D eigenvalue weighted by Crippen LogP contribution is 2.63. The minimum Gasteiger partial charge on any atom is -0.455 e. The Labute approximate surface area is 742 Å². The van der Waals surface area contributed by atoms with Crippen LogP contribution in [0.15, 0.2) is 494 Å². The summed E-state index contributed by atoms with van der Waals surface area (Å²) in [5.74, 6) is 0. The Morgan fingerprint density at radius 2 is 0.477 bits per heavy atom. The number of hydrogen-bond donors (Lipinski definition) is 0. The van der Waals surface area contributed by atoms with Crippen molar-refractivity contribution < 1.29 is 8.83 Å². The van der Waals surface area contributed by atoms with Gasteiger partial charge in [-0.1, -0.05) is 413 Å². The third kappa shape index (κ3) is 11.6. The zero-order valence-corrected chi connectivity index (χ0v) is 69.9. The van der Waals surface area contributed by atoms with Crippen LogP contribution in [0.1, 0.15) is 44.5 Å². The number of para-hydroxylation sites is 6. The minimum absolute atomic E-state index is 0.596. The fourth-order valence-corrected chi connectivity index (χ4v) is 21.6. The normalized spacial score (nSPS) is 12.8. The molecular formula is C124H80N2O2. The summed E-state index contributed by atoms with van der Waals surface area (Å²) in [6.45, 7) is 0. The molecule has 2 aliphatic carbocycles. The molecule has 0 aliphatic heterocycles. The molecule has 0 atom stereocenters. The van der Waals surface area contributed by atoms with Crippen molar-refractivity contribution in [1.82, 2.24) is 0 Å². The number of rotatable bonds is 16. The topological polar surface area (TPSA) is 32.8 Å². The maximum atomic E-state index is 7.50. The van der Waals surface area contributed by atoms with E-state index in [9.17, 15) is 0 Å². The number of hydrogen-bond acceptors (Lipinski definition) is 4. The molecule has 0 unspecified atom stereocenters. The lowest BCUT2D eigenvalue weighted by Gasteiger charge is -2.34. The van der Waals surface area contributed by atoms with Gasteiger partial charge in [0.1, 0.15) is 22.3 Å². The first-order valence-corrected chi connectivity index (χ1v) is 44.2. The Balaban J connectivity index is 0.571. The average Bonchev–Trinajstić information content (AvgIpc) is 1.53. The molecule has 128 heavy (non-hydrogen) atoms. The van der Waals surface area contributed by atoms with Gasteiger partial charge in [0.15, 0.2) is 0 Å². The molecule has 25 rings (SSSR count). The first kappa shape index (κ1) is 74.0. The van der Waals surface area contributed by atoms with Crippen molar-refractivity contribution in [2.24, 2.45) is 0 Å². The molecule has 0 bridgehead atoms. The lowest BCUT2D eigenvalue weighted by atomic mass is 9.68. The molecule has 2 aromatic heterocycles. The highest BCUT2D eigenvalue weighted by atomic mass is 16.3. The first-order valence-electron chi connectivity index (χ1n) is 44.2. The Hall–Kier alpha value is -16.7. The van der Waals surface area contributed by atoms with Gasteiger partial charge < -0.3 is 18.6 Å². The molecule has 23 aromatic rings. The molecule has 0 saturated heterocycles. The molecule has 0 N–H and O–H groups in total. The van der Waals surface area contributed by atoms with E-state index in [1.165, 1.54) is 83.1 Å². The zero-order chi connectivity index (χ0) is 84.4. The molecular weight excluding hydrogens is 1550 g/mol. The summed E-state index contributed by atoms with van der Waals surface area (Å²) >= 11 is 0. The van der Waals surface area contributed by atoms with Gasteiger partial charge in [0.05, 0.1) is 33.6 Å². The van der Waals surface area contributed by atoms with Crippen LogP contribution in [0.2, 0.25) is 0 Å². The summed E-state index contributed by atoms with van der Waals surface area (Å²) in [6, 6.07) is 179. The fraction of sp³-hybridized carbons (Fsp3) is 0.0161. The van der Waals surface area contributed by atoms with Crippen LogP contribution < -0.4 is 9.80 Å². The molecule has 4 heteroatoms. The van der Waals surface area contributed by atoms with E-state index < -0.39 is 10.8 Å². The maximum Gasteiger partial charge on any atom is 0.143 e. The second-order valence-corrected chi connectivity index (χ2v) is 33.9. The summed E-state index contributed by atoms with van der Waals surface area (Å²) in [6.07, 6.45) is 0. The van der Waals surface area contributed by atoms with Gasteiger partial charge in [-0.05, 0) is 189 Å². The average molecular weight is 1630 g/mol. The maximum absolute atomic E-state index is 7.50. The highest BCUT2D eigenvalue weighted by molar-refractivity contribution is 6.16. The highest BCUT2D eigenvalue weighted by Gasteiger charge is 2.49. The van der Waals surface area contributed by atoms with Gasteiger partial charge in [-0.3, -0.25) is 0 Å². The molecule has 2 heterocycles. The third-order valence-electron chi connectivity index (χ3n) is 27.2. The standard InChI is InChI=1S/C124H80N2O2/c1-5-32-92(33-6-1)123(93-34-7-2-8-35-93)109-51-20-15-43-107(109)118-111(123)53-28-57-115(118)125(113-55-22-17-40-99(113)102-46-26-48-104-101-42-19-24-59-117(101)127-121(102)104)96-74-70-83(71-75-96)82-60-62-84(63-61-82)89-68-65-86-66-69-90(80-91(86)79-89)98-45-25-49-105-106-50-27-47-103(122(106)128-120(98)105)100-41-18-23-56-114(100)126(97-76-72-85(73-77-97)88-67-64-81-30-13-14-31-87(81)78-88)116-58-29-54-112-119(116)108-44-16-21-52-110(108)124(112,94-36-9-3-10-37-94)95-38-11-4-12-39-95/h1-80H. The van der Waals surface area contributed by atoms with E-state index in [0.717, 1.165) is 150 Å². The number of nitrogens with zero attached hydrogens (tertiary/aromatic N) is 2. The summed E-state index contributed by atoms with van der Waals surface area (Å²) in [5.41, 5.74) is 36.3. The quantitative estimate of drug-likeness (QED) is 0.0965. The van der Waals surface area contributed by atoms with E-state index in [1.807, 2.05) is 6.07 Å². The van der Waals surface area contributed by atoms with E-state index in [2.05, 4.69) is 489 Å². The van der Waals surface area contributed by atoms with E-state index in [-0.39, 0.29) is 0 Å². The molecule has 4 nitrogen and oxygen atoms in total. The second kappa shape index (κ2) is 30.1. The van der Waals surface area contributed by atoms with Crippen LogP contribution in [-0.4, -0.2) is 0 Å². The van der Waals surface area contributed by atoms with Gasteiger partial charge in [-0.25, -0.2) is 0 Å². The molecule has 21 aromatic carbocycles. The Kier molecular flexibility index (Phi) is 17.4. The van der Waals surface area contributed by atoms with Crippen molar-refractivity contribution in [2.45, 2.75) is 10.8 Å². The van der Waals surface area contributed by atoms with Crippen LogP contribution in [0, 0.1) is 0 Å². The predicted molar refractivity (Wildman–Crippen MR) is 533 cm³/mol. The van der Waals surface area contributed by atoms with E-state index >= 15 is 0 Å². The van der Waals surface area contributed by atoms with Crippen LogP contribution in [0.5, 0.6) is 0 Å². The van der Waals surface area contributed by atoms with Crippen LogP contribution in [0.4, 0.5) is 34.1 Å². The molecule has 0 spiro atoms. The lowest BCUT2D eigenvalue weighted by Crippen LogP contribution is -2.28. The van der Waals surface area contributed by atoms with Gasteiger partial charge in [0.2, 0.25) is 0 Å². The summed E-state index contributed by atoms with van der Waals surface area (Å²) in [5, 5.41) is 9.06. The Morgan fingerprint density at radius 3 is 0.969 bits per heavy atom. The molecule has 2 aliphatic rings. The van der Waals surface area contributed by atoms with E-state index in [1.54, 1.807) is 0 Å². The number of benzene rings is 21. The largest absolute Gasteiger partial charge is 0.455 e. The monoisotopic (exact) mass is 1630 g/mol. The van der Waals surface area contributed by atoms with Crippen LogP contribution in [-0.2, 0) is 10.8 Å². The number of fused-ring (bicyclic) bond motifs is 14. The fourth-order valence-electron chi connectivity index (χ4n) is 21.6. The smallest absolute Gasteiger partial charge is 0.143 e. The molecule has 598 valence electrons. The van der Waals surface area contributed by atoms with Gasteiger partial charge in [0.25, 0.3) is 0 Å². The van der Waals surface area contributed by atoms with Crippen LogP contribution >= 0.6 is 0 Å². The van der Waals surface area contributed by atoms with Crippen molar-refractivity contribution in [3.63, 3.8) is 0 Å². The van der Waals surface area contributed by atoms with Crippen molar-refractivity contribution >= 4 is 99.5 Å². The summed E-state index contributed by atoms with van der Waals surface area (Å²) in [4.78, 5) is 4.99. The first-order chi connectivity index (χ1) is 63.5. The van der Waals surface area contributed by atoms with Crippen molar-refractivity contribution in [1.29, 1.82) is 0 Å². The summed E-state index contributed by atoms with van der Waals surface area (Å²) < 4.78 is 14.4. The molecule has 0 fully saturated rings. The minimum atomic E-state index is -0.605.